The van der Waals surface area contributed by atoms with Crippen molar-refractivity contribution in [3.05, 3.63) is 29.8 Å². The quantitative estimate of drug-likeness (QED) is 0.824. The summed E-state index contributed by atoms with van der Waals surface area (Å²) in [5.74, 6) is 0.512. The molecule has 2 saturated carbocycles. The third-order valence-corrected chi connectivity index (χ3v) is 7.02. The van der Waals surface area contributed by atoms with E-state index in [2.05, 4.69) is 57.3 Å². The minimum absolute atomic E-state index is 0.105. The molecule has 0 aromatic heterocycles. The van der Waals surface area contributed by atoms with Gasteiger partial charge in [-0.05, 0) is 77.4 Å². The molecule has 0 spiro atoms. The zero-order valence-corrected chi connectivity index (χ0v) is 16.1. The summed E-state index contributed by atoms with van der Waals surface area (Å²) >= 11 is 0. The first-order valence-corrected chi connectivity index (χ1v) is 9.48. The summed E-state index contributed by atoms with van der Waals surface area (Å²) in [6, 6.07) is 8.52. The molecule has 0 amide bonds. The molecule has 1 saturated heterocycles. The maximum Gasteiger partial charge on any atom is 0.494 e. The van der Waals surface area contributed by atoms with Gasteiger partial charge in [0.1, 0.15) is 0 Å². The van der Waals surface area contributed by atoms with E-state index in [9.17, 15) is 5.11 Å². The van der Waals surface area contributed by atoms with Crippen LogP contribution in [0.3, 0.4) is 0 Å². The van der Waals surface area contributed by atoms with Gasteiger partial charge in [0.25, 0.3) is 0 Å². The zero-order valence-electron chi connectivity index (χ0n) is 16.1. The monoisotopic (exact) mass is 343 g/mol. The lowest BCUT2D eigenvalue weighted by atomic mass is 9.59. The first kappa shape index (κ1) is 17.5. The lowest BCUT2D eigenvalue weighted by Gasteiger charge is -2.54. The molecule has 136 valence electrons. The maximum absolute atomic E-state index is 10.7. The highest BCUT2D eigenvalue weighted by Gasteiger charge is 2.60. The van der Waals surface area contributed by atoms with Gasteiger partial charge in [-0.2, -0.15) is 0 Å². The van der Waals surface area contributed by atoms with Crippen molar-refractivity contribution in [3.8, 4) is 0 Å². The SMILES string of the molecule is CNC1(c2ccc(B3OC(C)(C)C(C)(C)O3)cc2)CC(O)(C2CC2)C1. The van der Waals surface area contributed by atoms with Gasteiger partial charge in [0.05, 0.1) is 16.8 Å². The van der Waals surface area contributed by atoms with Crippen LogP contribution in [0.1, 0.15) is 58.9 Å². The van der Waals surface area contributed by atoms with Crippen molar-refractivity contribution in [2.24, 2.45) is 5.92 Å². The Bertz CT molecular complexity index is 644. The molecule has 2 N–H and O–H groups in total. The molecule has 3 fully saturated rings. The fourth-order valence-corrected chi connectivity index (χ4v) is 4.37. The molecule has 5 heteroatoms. The van der Waals surface area contributed by atoms with E-state index in [1.54, 1.807) is 0 Å². The Morgan fingerprint density at radius 3 is 1.96 bits per heavy atom. The summed E-state index contributed by atoms with van der Waals surface area (Å²) in [4.78, 5) is 0. The third kappa shape index (κ3) is 2.67. The third-order valence-electron chi connectivity index (χ3n) is 7.02. The van der Waals surface area contributed by atoms with Crippen LogP contribution in [0.25, 0.3) is 0 Å². The second-order valence-corrected chi connectivity index (χ2v) is 9.27. The van der Waals surface area contributed by atoms with Crippen LogP contribution in [0.4, 0.5) is 0 Å². The predicted molar refractivity (Wildman–Crippen MR) is 99.8 cm³/mol. The van der Waals surface area contributed by atoms with Crippen LogP contribution in [-0.4, -0.2) is 36.1 Å². The molecule has 1 heterocycles. The van der Waals surface area contributed by atoms with E-state index in [0.29, 0.717) is 5.92 Å². The van der Waals surface area contributed by atoms with Crippen molar-refractivity contribution in [1.29, 1.82) is 0 Å². The Balaban J connectivity index is 1.51. The van der Waals surface area contributed by atoms with Crippen molar-refractivity contribution >= 4 is 12.6 Å². The van der Waals surface area contributed by atoms with Crippen LogP contribution in [0.15, 0.2) is 24.3 Å². The molecule has 1 aromatic rings. The first-order valence-electron chi connectivity index (χ1n) is 9.48. The fraction of sp³-hybridized carbons (Fsp3) is 0.700. The molecule has 0 atom stereocenters. The van der Waals surface area contributed by atoms with E-state index in [1.165, 1.54) is 18.4 Å². The van der Waals surface area contributed by atoms with Crippen molar-refractivity contribution in [1.82, 2.24) is 5.32 Å². The van der Waals surface area contributed by atoms with Gasteiger partial charge in [-0.3, -0.25) is 0 Å². The summed E-state index contributed by atoms with van der Waals surface area (Å²) in [6.45, 7) is 8.30. The van der Waals surface area contributed by atoms with Crippen LogP contribution >= 0.6 is 0 Å². The number of hydrogen-bond donors (Lipinski definition) is 2. The average Bonchev–Trinajstić information content (AvgIpc) is 3.33. The van der Waals surface area contributed by atoms with E-state index >= 15 is 0 Å². The Kier molecular flexibility index (Phi) is 3.73. The number of aliphatic hydroxyl groups is 1. The summed E-state index contributed by atoms with van der Waals surface area (Å²) in [6.07, 6.45) is 3.96. The van der Waals surface area contributed by atoms with Gasteiger partial charge in [-0.1, -0.05) is 24.3 Å². The lowest BCUT2D eigenvalue weighted by molar-refractivity contribution is -0.117. The lowest BCUT2D eigenvalue weighted by Crippen LogP contribution is -2.62. The highest BCUT2D eigenvalue weighted by atomic mass is 16.7. The van der Waals surface area contributed by atoms with Crippen LogP contribution in [-0.2, 0) is 14.8 Å². The van der Waals surface area contributed by atoms with Gasteiger partial charge in [0.2, 0.25) is 0 Å². The highest BCUT2D eigenvalue weighted by molar-refractivity contribution is 6.62. The summed E-state index contributed by atoms with van der Waals surface area (Å²) < 4.78 is 12.3. The van der Waals surface area contributed by atoms with Gasteiger partial charge in [-0.25, -0.2) is 0 Å². The molecule has 0 bridgehead atoms. The van der Waals surface area contributed by atoms with Gasteiger partial charge < -0.3 is 19.7 Å². The minimum atomic E-state index is -0.465. The summed E-state index contributed by atoms with van der Waals surface area (Å²) in [5, 5.41) is 14.2. The molecule has 4 rings (SSSR count). The van der Waals surface area contributed by atoms with E-state index in [0.717, 1.165) is 18.3 Å². The van der Waals surface area contributed by atoms with Crippen molar-refractivity contribution in [2.75, 3.05) is 7.05 Å². The Labute approximate surface area is 151 Å². The normalized spacial score (nSPS) is 36.3. The molecular formula is C20H30BNO3. The minimum Gasteiger partial charge on any atom is -0.399 e. The van der Waals surface area contributed by atoms with Crippen molar-refractivity contribution < 1.29 is 14.4 Å². The Hall–Kier alpha value is -0.875. The molecule has 0 unspecified atom stereocenters. The molecule has 4 nitrogen and oxygen atoms in total. The average molecular weight is 343 g/mol. The largest absolute Gasteiger partial charge is 0.494 e. The smallest absolute Gasteiger partial charge is 0.399 e. The van der Waals surface area contributed by atoms with Crippen LogP contribution in [0, 0.1) is 5.92 Å². The first-order chi connectivity index (χ1) is 11.6. The number of hydrogen-bond acceptors (Lipinski definition) is 4. The standard InChI is InChI=1S/C20H30BNO3/c1-17(2)18(3,4)25-21(24-17)16-10-8-14(9-11-16)19(22-5)12-20(23,13-19)15-6-7-15/h8-11,15,22-23H,6-7,12-13H2,1-5H3. The topological polar surface area (TPSA) is 50.7 Å². The second kappa shape index (κ2) is 5.32. The highest BCUT2D eigenvalue weighted by Crippen LogP contribution is 2.57. The second-order valence-electron chi connectivity index (χ2n) is 9.27. The number of benzene rings is 1. The van der Waals surface area contributed by atoms with E-state index < -0.39 is 5.60 Å². The zero-order chi connectivity index (χ0) is 18.1. The van der Waals surface area contributed by atoms with E-state index in [1.807, 2.05) is 7.05 Å². The fourth-order valence-electron chi connectivity index (χ4n) is 4.37. The van der Waals surface area contributed by atoms with Gasteiger partial charge in [0.15, 0.2) is 0 Å². The van der Waals surface area contributed by atoms with E-state index in [4.69, 9.17) is 9.31 Å². The summed E-state index contributed by atoms with van der Waals surface area (Å²) in [7, 11) is 1.67. The molecule has 3 aliphatic rings. The van der Waals surface area contributed by atoms with Crippen LogP contribution in [0.2, 0.25) is 0 Å². The van der Waals surface area contributed by atoms with Gasteiger partial charge in [-0.15, -0.1) is 0 Å². The number of nitrogens with one attached hydrogen (secondary N) is 1. The van der Waals surface area contributed by atoms with Crippen molar-refractivity contribution in [3.63, 3.8) is 0 Å². The molecule has 2 aliphatic carbocycles. The van der Waals surface area contributed by atoms with Gasteiger partial charge >= 0.3 is 7.12 Å². The molecule has 1 aliphatic heterocycles. The maximum atomic E-state index is 10.7. The Morgan fingerprint density at radius 1 is 1.00 bits per heavy atom. The van der Waals surface area contributed by atoms with Crippen LogP contribution in [0.5, 0.6) is 0 Å². The molecule has 25 heavy (non-hydrogen) atoms. The van der Waals surface area contributed by atoms with E-state index in [-0.39, 0.29) is 23.9 Å². The molecule has 0 radical (unpaired) electrons. The molecular weight excluding hydrogens is 313 g/mol. The van der Waals surface area contributed by atoms with Gasteiger partial charge in [0, 0.05) is 5.54 Å². The van der Waals surface area contributed by atoms with Crippen molar-refractivity contribution in [2.45, 2.75) is 75.7 Å². The molecule has 1 aromatic carbocycles. The van der Waals surface area contributed by atoms with Crippen LogP contribution < -0.4 is 10.8 Å². The summed E-state index contributed by atoms with van der Waals surface area (Å²) in [5.41, 5.74) is 1.07. The Morgan fingerprint density at radius 2 is 1.52 bits per heavy atom. The predicted octanol–water partition coefficient (Wildman–Crippen LogP) is 2.34. The number of rotatable bonds is 4.